The lowest BCUT2D eigenvalue weighted by atomic mass is 9.92. The van der Waals surface area contributed by atoms with Gasteiger partial charge in [-0.25, -0.2) is 9.58 Å². The van der Waals surface area contributed by atoms with Gasteiger partial charge in [0.15, 0.2) is 0 Å². The lowest BCUT2D eigenvalue weighted by Gasteiger charge is -2.28. The number of anilines is 1. The van der Waals surface area contributed by atoms with E-state index in [0.29, 0.717) is 22.4 Å². The van der Waals surface area contributed by atoms with E-state index >= 15 is 0 Å². The minimum atomic E-state index is -0.346. The molecule has 1 aliphatic rings. The van der Waals surface area contributed by atoms with Gasteiger partial charge in [-0.05, 0) is 54.5 Å². The van der Waals surface area contributed by atoms with Crippen LogP contribution in [0.15, 0.2) is 91.3 Å². The first-order valence-electron chi connectivity index (χ1n) is 9.98. The zero-order valence-corrected chi connectivity index (χ0v) is 16.9. The molecule has 5 heteroatoms. The fraction of sp³-hybridized carbons (Fsp3) is 0.0385. The Kier molecular flexibility index (Phi) is 4.56. The van der Waals surface area contributed by atoms with Gasteiger partial charge in [0.05, 0.1) is 17.6 Å². The Morgan fingerprint density at radius 2 is 1.48 bits per heavy atom. The number of fused-ring (bicyclic) bond motifs is 1. The molecule has 31 heavy (non-hydrogen) atoms. The lowest BCUT2D eigenvalue weighted by Crippen LogP contribution is -2.41. The summed E-state index contributed by atoms with van der Waals surface area (Å²) in [7, 11) is 0. The largest absolute Gasteiger partial charge is 0.268 e. The van der Waals surface area contributed by atoms with Crippen LogP contribution in [-0.2, 0) is 4.79 Å². The van der Waals surface area contributed by atoms with E-state index in [0.717, 1.165) is 16.8 Å². The smallest absolute Gasteiger partial charge is 0.265 e. The predicted molar refractivity (Wildman–Crippen MR) is 121 cm³/mol. The van der Waals surface area contributed by atoms with Crippen molar-refractivity contribution < 1.29 is 9.59 Å². The maximum absolute atomic E-state index is 13.5. The molecule has 0 saturated carbocycles. The van der Waals surface area contributed by atoms with Gasteiger partial charge < -0.3 is 0 Å². The second-order valence-corrected chi connectivity index (χ2v) is 7.44. The number of nitrogens with zero attached hydrogens (tertiary/aromatic N) is 3. The molecule has 2 heterocycles. The van der Waals surface area contributed by atoms with E-state index < -0.39 is 0 Å². The maximum atomic E-state index is 13.5. The molecule has 0 fully saturated rings. The first-order chi connectivity index (χ1) is 15.1. The number of carbonyl (C=O) groups is 2. The first-order valence-corrected chi connectivity index (χ1v) is 9.98. The fourth-order valence-electron chi connectivity index (χ4n) is 3.79. The summed E-state index contributed by atoms with van der Waals surface area (Å²) in [4.78, 5) is 27.9. The summed E-state index contributed by atoms with van der Waals surface area (Å²) in [6.07, 6.45) is 5.37. The third-order valence-electron chi connectivity index (χ3n) is 5.28. The molecular formula is C26H19N3O2. The average Bonchev–Trinajstić information content (AvgIpc) is 3.26. The van der Waals surface area contributed by atoms with Crippen LogP contribution in [0.3, 0.4) is 0 Å². The number of aryl methyl sites for hydroxylation is 1. The molecule has 0 radical (unpaired) electrons. The van der Waals surface area contributed by atoms with Gasteiger partial charge in [-0.1, -0.05) is 48.5 Å². The molecule has 0 bridgehead atoms. The molecular weight excluding hydrogens is 386 g/mol. The van der Waals surface area contributed by atoms with Crippen LogP contribution in [0.2, 0.25) is 0 Å². The summed E-state index contributed by atoms with van der Waals surface area (Å²) in [6.45, 7) is 1.94. The Bertz CT molecular complexity index is 1340. The van der Waals surface area contributed by atoms with E-state index in [9.17, 15) is 9.59 Å². The number of rotatable bonds is 3. The van der Waals surface area contributed by atoms with Crippen molar-refractivity contribution in [3.8, 4) is 5.69 Å². The van der Waals surface area contributed by atoms with E-state index in [1.54, 1.807) is 29.1 Å². The number of hydrogen-bond donors (Lipinski definition) is 0. The second kappa shape index (κ2) is 7.54. The summed E-state index contributed by atoms with van der Waals surface area (Å²) in [5.74, 6) is -0.662. The number of para-hydroxylation sites is 1. The van der Waals surface area contributed by atoms with Crippen LogP contribution in [0.25, 0.3) is 17.3 Å². The molecule has 3 aromatic carbocycles. The summed E-state index contributed by atoms with van der Waals surface area (Å²) >= 11 is 0. The molecule has 5 rings (SSSR count). The number of hydrogen-bond acceptors (Lipinski definition) is 3. The van der Waals surface area contributed by atoms with Crippen molar-refractivity contribution in [2.24, 2.45) is 0 Å². The summed E-state index contributed by atoms with van der Waals surface area (Å²) in [5, 5.41) is 4.42. The van der Waals surface area contributed by atoms with Gasteiger partial charge in [-0.2, -0.15) is 5.10 Å². The van der Waals surface area contributed by atoms with E-state index in [4.69, 9.17) is 0 Å². The van der Waals surface area contributed by atoms with Gasteiger partial charge in [0.1, 0.15) is 0 Å². The van der Waals surface area contributed by atoms with E-state index in [2.05, 4.69) is 5.10 Å². The van der Waals surface area contributed by atoms with Crippen molar-refractivity contribution in [1.29, 1.82) is 0 Å². The lowest BCUT2D eigenvalue weighted by molar-refractivity contribution is -0.112. The minimum Gasteiger partial charge on any atom is -0.268 e. The second-order valence-electron chi connectivity index (χ2n) is 7.44. The van der Waals surface area contributed by atoms with E-state index in [1.165, 1.54) is 4.90 Å². The number of aromatic nitrogens is 2. The molecule has 2 amide bonds. The molecule has 5 nitrogen and oxygen atoms in total. The van der Waals surface area contributed by atoms with Gasteiger partial charge >= 0.3 is 0 Å². The maximum Gasteiger partial charge on any atom is 0.265 e. The van der Waals surface area contributed by atoms with Gasteiger partial charge in [0.2, 0.25) is 0 Å². The van der Waals surface area contributed by atoms with E-state index in [1.807, 2.05) is 79.9 Å². The zero-order chi connectivity index (χ0) is 21.4. The van der Waals surface area contributed by atoms with Crippen molar-refractivity contribution in [2.45, 2.75) is 6.92 Å². The topological polar surface area (TPSA) is 55.2 Å². The van der Waals surface area contributed by atoms with Gasteiger partial charge in [0, 0.05) is 22.9 Å². The molecule has 1 aliphatic heterocycles. The van der Waals surface area contributed by atoms with Crippen molar-refractivity contribution >= 4 is 29.2 Å². The highest BCUT2D eigenvalue weighted by atomic mass is 16.2. The summed E-state index contributed by atoms with van der Waals surface area (Å²) < 4.78 is 1.76. The van der Waals surface area contributed by atoms with Crippen LogP contribution in [0.5, 0.6) is 0 Å². The average molecular weight is 405 g/mol. The van der Waals surface area contributed by atoms with Gasteiger partial charge in [-0.3, -0.25) is 9.59 Å². The zero-order valence-electron chi connectivity index (χ0n) is 16.9. The molecule has 1 aromatic heterocycles. The molecule has 4 aromatic rings. The third-order valence-corrected chi connectivity index (χ3v) is 5.28. The Labute approximate surface area is 179 Å². The van der Waals surface area contributed by atoms with Crippen LogP contribution in [0.1, 0.15) is 27.0 Å². The summed E-state index contributed by atoms with van der Waals surface area (Å²) in [5.41, 5.74) is 4.85. The highest BCUT2D eigenvalue weighted by molar-refractivity contribution is 6.43. The van der Waals surface area contributed by atoms with Crippen LogP contribution in [0.4, 0.5) is 5.69 Å². The molecule has 0 atom stereocenters. The number of amides is 2. The van der Waals surface area contributed by atoms with Crippen LogP contribution in [-0.4, -0.2) is 21.6 Å². The van der Waals surface area contributed by atoms with Gasteiger partial charge in [0.25, 0.3) is 11.8 Å². The highest BCUT2D eigenvalue weighted by Crippen LogP contribution is 2.33. The SMILES string of the molecule is Cc1cccc(N2C(=O)/C(=C/c3cnn(-c4ccccc4)c3)c3ccccc3C2=O)c1. The highest BCUT2D eigenvalue weighted by Gasteiger charge is 2.35. The summed E-state index contributed by atoms with van der Waals surface area (Å²) in [6, 6.07) is 24.4. The Morgan fingerprint density at radius 3 is 2.26 bits per heavy atom. The quantitative estimate of drug-likeness (QED) is 0.360. The Hall–Kier alpha value is -4.25. The standard InChI is InChI=1S/C26H19N3O2/c1-18-8-7-11-21(14-18)29-25(30)23-13-6-5-12-22(23)24(26(29)31)15-19-16-27-28(17-19)20-9-3-2-4-10-20/h2-17H,1H3/b24-15+. The molecule has 0 spiro atoms. The van der Waals surface area contributed by atoms with Crippen molar-refractivity contribution in [3.05, 3.63) is 114 Å². The predicted octanol–water partition coefficient (Wildman–Crippen LogP) is 4.91. The number of imide groups is 1. The minimum absolute atomic E-state index is 0.316. The van der Waals surface area contributed by atoms with E-state index in [-0.39, 0.29) is 11.8 Å². The Morgan fingerprint density at radius 1 is 0.774 bits per heavy atom. The molecule has 0 N–H and O–H groups in total. The molecule has 0 aliphatic carbocycles. The molecule has 150 valence electrons. The molecule has 0 saturated heterocycles. The van der Waals surface area contributed by atoms with Crippen molar-refractivity contribution in [1.82, 2.24) is 9.78 Å². The van der Waals surface area contributed by atoms with Crippen molar-refractivity contribution in [2.75, 3.05) is 4.90 Å². The normalized spacial score (nSPS) is 14.7. The third kappa shape index (κ3) is 3.36. The number of benzene rings is 3. The first kappa shape index (κ1) is 18.8. The van der Waals surface area contributed by atoms with Crippen LogP contribution in [0, 0.1) is 6.92 Å². The van der Waals surface area contributed by atoms with Gasteiger partial charge in [-0.15, -0.1) is 0 Å². The molecule has 0 unspecified atom stereocenters. The van der Waals surface area contributed by atoms with Crippen molar-refractivity contribution in [3.63, 3.8) is 0 Å². The monoisotopic (exact) mass is 405 g/mol. The number of carbonyl (C=O) groups excluding carboxylic acids is 2. The van der Waals surface area contributed by atoms with Crippen LogP contribution < -0.4 is 4.90 Å². The fourth-order valence-corrected chi connectivity index (χ4v) is 3.79. The Balaban J connectivity index is 1.62. The van der Waals surface area contributed by atoms with Crippen LogP contribution >= 0.6 is 0 Å².